The van der Waals surface area contributed by atoms with E-state index in [4.69, 9.17) is 4.74 Å². The number of carbonyl (C=O) groups is 1. The van der Waals surface area contributed by atoms with Crippen LogP contribution < -0.4 is 10.1 Å². The van der Waals surface area contributed by atoms with Crippen molar-refractivity contribution in [3.63, 3.8) is 0 Å². The molecule has 1 aliphatic heterocycles. The zero-order valence-electron chi connectivity index (χ0n) is 11.9. The summed E-state index contributed by atoms with van der Waals surface area (Å²) in [5.41, 5.74) is 1.05. The van der Waals surface area contributed by atoms with Crippen LogP contribution in [0.2, 0.25) is 0 Å². The molecule has 0 saturated heterocycles. The maximum absolute atomic E-state index is 12.2. The van der Waals surface area contributed by atoms with Gasteiger partial charge in [0.15, 0.2) is 0 Å². The van der Waals surface area contributed by atoms with Gasteiger partial charge in [0, 0.05) is 24.0 Å². The van der Waals surface area contributed by atoms with Crippen LogP contribution in [0.25, 0.3) is 0 Å². The van der Waals surface area contributed by atoms with Crippen molar-refractivity contribution in [2.24, 2.45) is 0 Å². The van der Waals surface area contributed by atoms with E-state index >= 15 is 0 Å². The lowest BCUT2D eigenvalue weighted by molar-refractivity contribution is 0.201. The highest BCUT2D eigenvalue weighted by Gasteiger charge is 2.25. The number of carbonyl (C=O) groups excluding carboxylic acids is 1. The van der Waals surface area contributed by atoms with Gasteiger partial charge >= 0.3 is 6.03 Å². The van der Waals surface area contributed by atoms with Gasteiger partial charge in [0.05, 0.1) is 6.04 Å². The standard InChI is InChI=1S/C16H18N2O2S/c1-18(9-8-12-5-4-10-21-12)16(19)17-14-11-20-15-7-3-2-6-13(14)15/h2-7,10,14H,8-9,11H2,1H3,(H,17,19). The Balaban J connectivity index is 1.54. The number of fused-ring (bicyclic) bond motifs is 1. The molecule has 21 heavy (non-hydrogen) atoms. The second-order valence-electron chi connectivity index (χ2n) is 5.10. The molecule has 3 rings (SSSR count). The summed E-state index contributed by atoms with van der Waals surface area (Å²) >= 11 is 1.72. The summed E-state index contributed by atoms with van der Waals surface area (Å²) in [7, 11) is 1.82. The Kier molecular flexibility index (Phi) is 4.10. The van der Waals surface area contributed by atoms with Crippen molar-refractivity contribution in [2.45, 2.75) is 12.5 Å². The van der Waals surface area contributed by atoms with Crippen molar-refractivity contribution in [3.05, 3.63) is 52.2 Å². The summed E-state index contributed by atoms with van der Waals surface area (Å²) in [6.45, 7) is 1.21. The molecule has 0 aliphatic carbocycles. The fourth-order valence-corrected chi connectivity index (χ4v) is 3.07. The van der Waals surface area contributed by atoms with E-state index in [9.17, 15) is 4.79 Å². The maximum Gasteiger partial charge on any atom is 0.317 e. The lowest BCUT2D eigenvalue weighted by atomic mass is 10.1. The number of hydrogen-bond acceptors (Lipinski definition) is 3. The molecular formula is C16H18N2O2S. The molecule has 2 aromatic rings. The minimum absolute atomic E-state index is 0.0575. The molecule has 110 valence electrons. The monoisotopic (exact) mass is 302 g/mol. The van der Waals surface area contributed by atoms with Crippen molar-refractivity contribution >= 4 is 17.4 Å². The van der Waals surface area contributed by atoms with Crippen molar-refractivity contribution in [2.75, 3.05) is 20.2 Å². The Morgan fingerprint density at radius 3 is 3.05 bits per heavy atom. The number of para-hydroxylation sites is 1. The van der Waals surface area contributed by atoms with E-state index in [0.29, 0.717) is 13.2 Å². The third kappa shape index (κ3) is 3.19. The molecule has 1 atom stereocenters. The molecule has 2 amide bonds. The van der Waals surface area contributed by atoms with Gasteiger partial charge in [-0.15, -0.1) is 11.3 Å². The largest absolute Gasteiger partial charge is 0.491 e. The minimum atomic E-state index is -0.0585. The van der Waals surface area contributed by atoms with Gasteiger partial charge in [-0.3, -0.25) is 0 Å². The molecule has 0 spiro atoms. The van der Waals surface area contributed by atoms with Crippen LogP contribution in [0.4, 0.5) is 4.79 Å². The molecule has 1 aliphatic rings. The molecule has 0 radical (unpaired) electrons. The lowest BCUT2D eigenvalue weighted by Crippen LogP contribution is -2.40. The summed E-state index contributed by atoms with van der Waals surface area (Å²) < 4.78 is 5.58. The number of urea groups is 1. The molecule has 0 saturated carbocycles. The van der Waals surface area contributed by atoms with Gasteiger partial charge in [-0.05, 0) is 23.9 Å². The molecule has 2 heterocycles. The van der Waals surface area contributed by atoms with E-state index in [1.54, 1.807) is 16.2 Å². The zero-order chi connectivity index (χ0) is 14.7. The maximum atomic E-state index is 12.2. The highest BCUT2D eigenvalue weighted by Crippen LogP contribution is 2.31. The second-order valence-corrected chi connectivity index (χ2v) is 6.13. The second kappa shape index (κ2) is 6.18. The normalized spacial score (nSPS) is 16.1. The fourth-order valence-electron chi connectivity index (χ4n) is 2.38. The fraction of sp³-hybridized carbons (Fsp3) is 0.312. The molecular weight excluding hydrogens is 284 g/mol. The summed E-state index contributed by atoms with van der Waals surface area (Å²) in [6.07, 6.45) is 0.888. The number of benzene rings is 1. The average molecular weight is 302 g/mol. The molecule has 0 bridgehead atoms. The van der Waals surface area contributed by atoms with Crippen LogP contribution >= 0.6 is 11.3 Å². The summed E-state index contributed by atoms with van der Waals surface area (Å²) in [5, 5.41) is 5.09. The van der Waals surface area contributed by atoms with Crippen LogP contribution in [0.5, 0.6) is 5.75 Å². The van der Waals surface area contributed by atoms with E-state index in [1.807, 2.05) is 37.4 Å². The molecule has 4 nitrogen and oxygen atoms in total. The Morgan fingerprint density at radius 2 is 2.24 bits per heavy atom. The van der Waals surface area contributed by atoms with Gasteiger partial charge in [-0.25, -0.2) is 4.79 Å². The van der Waals surface area contributed by atoms with Gasteiger partial charge in [-0.2, -0.15) is 0 Å². The van der Waals surface area contributed by atoms with Gasteiger partial charge < -0.3 is 15.0 Å². The molecule has 0 fully saturated rings. The number of nitrogens with one attached hydrogen (secondary N) is 1. The van der Waals surface area contributed by atoms with Crippen molar-refractivity contribution in [1.82, 2.24) is 10.2 Å². The third-order valence-electron chi connectivity index (χ3n) is 3.62. The number of thiophene rings is 1. The van der Waals surface area contributed by atoms with Gasteiger partial charge in [0.2, 0.25) is 0 Å². The van der Waals surface area contributed by atoms with Crippen LogP contribution in [0, 0.1) is 0 Å². The van der Waals surface area contributed by atoms with E-state index in [1.165, 1.54) is 4.88 Å². The molecule has 5 heteroatoms. The average Bonchev–Trinajstić information content (AvgIpc) is 3.15. The van der Waals surface area contributed by atoms with Crippen LogP contribution in [0.3, 0.4) is 0 Å². The van der Waals surface area contributed by atoms with E-state index < -0.39 is 0 Å². The first-order chi connectivity index (χ1) is 10.2. The first-order valence-electron chi connectivity index (χ1n) is 7.00. The number of amides is 2. The van der Waals surface area contributed by atoms with Crippen LogP contribution in [0.15, 0.2) is 41.8 Å². The van der Waals surface area contributed by atoms with Crippen LogP contribution in [-0.4, -0.2) is 31.1 Å². The van der Waals surface area contributed by atoms with Crippen molar-refractivity contribution in [1.29, 1.82) is 0 Å². The number of ether oxygens (including phenoxy) is 1. The molecule has 1 unspecified atom stereocenters. The Bertz CT molecular complexity index is 612. The van der Waals surface area contributed by atoms with Gasteiger partial charge in [-0.1, -0.05) is 24.3 Å². The lowest BCUT2D eigenvalue weighted by Gasteiger charge is -2.20. The number of likely N-dealkylation sites (N-methyl/N-ethyl adjacent to an activating group) is 1. The SMILES string of the molecule is CN(CCc1cccs1)C(=O)NC1COc2ccccc21. The number of hydrogen-bond donors (Lipinski definition) is 1. The zero-order valence-corrected chi connectivity index (χ0v) is 12.7. The summed E-state index contributed by atoms with van der Waals surface area (Å²) in [6, 6.07) is 11.9. The summed E-state index contributed by atoms with van der Waals surface area (Å²) in [5.74, 6) is 0.865. The highest BCUT2D eigenvalue weighted by atomic mass is 32.1. The first-order valence-corrected chi connectivity index (χ1v) is 7.88. The molecule has 1 aromatic heterocycles. The highest BCUT2D eigenvalue weighted by molar-refractivity contribution is 7.09. The van der Waals surface area contributed by atoms with Crippen molar-refractivity contribution in [3.8, 4) is 5.75 Å². The topological polar surface area (TPSA) is 41.6 Å². The Hall–Kier alpha value is -2.01. The van der Waals surface area contributed by atoms with Gasteiger partial charge in [0.25, 0.3) is 0 Å². The minimum Gasteiger partial charge on any atom is -0.491 e. The van der Waals surface area contributed by atoms with Crippen molar-refractivity contribution < 1.29 is 9.53 Å². The van der Waals surface area contributed by atoms with Gasteiger partial charge in [0.1, 0.15) is 12.4 Å². The van der Waals surface area contributed by atoms with E-state index in [2.05, 4.69) is 16.8 Å². The number of rotatable bonds is 4. The Labute approximate surface area is 128 Å². The molecule has 1 aromatic carbocycles. The molecule has 1 N–H and O–H groups in total. The smallest absolute Gasteiger partial charge is 0.317 e. The number of nitrogens with zero attached hydrogens (tertiary/aromatic N) is 1. The Morgan fingerprint density at radius 1 is 1.38 bits per heavy atom. The van der Waals surface area contributed by atoms with E-state index in [-0.39, 0.29) is 12.1 Å². The first kappa shape index (κ1) is 13.9. The quantitative estimate of drug-likeness (QED) is 0.943. The third-order valence-corrected chi connectivity index (χ3v) is 4.55. The predicted octanol–water partition coefficient (Wildman–Crippen LogP) is 3.07. The van der Waals surface area contributed by atoms with Crippen LogP contribution in [0.1, 0.15) is 16.5 Å². The van der Waals surface area contributed by atoms with E-state index in [0.717, 1.165) is 17.7 Å². The summed E-state index contributed by atoms with van der Waals surface area (Å²) in [4.78, 5) is 15.2. The van der Waals surface area contributed by atoms with Crippen LogP contribution in [-0.2, 0) is 6.42 Å². The predicted molar refractivity (Wildman–Crippen MR) is 83.9 cm³/mol.